The monoisotopic (exact) mass is 287 g/mol. The molecule has 0 saturated heterocycles. The van der Waals surface area contributed by atoms with Crippen molar-refractivity contribution >= 4 is 23.3 Å². The van der Waals surface area contributed by atoms with Gasteiger partial charge in [0.05, 0.1) is 23.8 Å². The quantitative estimate of drug-likeness (QED) is 0.613. The number of rotatable bonds is 3. The minimum Gasteiger partial charge on any atom is -0.495 e. The van der Waals surface area contributed by atoms with Crippen LogP contribution in [0.4, 0.5) is 4.39 Å². The topological polar surface area (TPSA) is 33.0 Å². The molecule has 100 valence electrons. The first-order chi connectivity index (χ1) is 9.63. The Kier molecular flexibility index (Phi) is 4.39. The minimum atomic E-state index is -0.335. The van der Waals surface area contributed by atoms with Gasteiger partial charge >= 0.3 is 0 Å². The first-order valence-electron chi connectivity index (χ1n) is 5.85. The summed E-state index contributed by atoms with van der Waals surface area (Å²) >= 11 is 6.04. The van der Waals surface area contributed by atoms with E-state index in [2.05, 4.69) is 6.07 Å². The zero-order valence-corrected chi connectivity index (χ0v) is 11.5. The number of allylic oxidation sites excluding steroid dienone is 1. The van der Waals surface area contributed by atoms with E-state index in [1.807, 2.05) is 0 Å². The van der Waals surface area contributed by atoms with Crippen molar-refractivity contribution in [3.05, 3.63) is 64.4 Å². The van der Waals surface area contributed by atoms with Gasteiger partial charge in [0, 0.05) is 0 Å². The summed E-state index contributed by atoms with van der Waals surface area (Å²) in [4.78, 5) is 0. The Morgan fingerprint density at radius 1 is 1.25 bits per heavy atom. The molecule has 0 unspecified atom stereocenters. The third kappa shape index (κ3) is 3.17. The van der Waals surface area contributed by atoms with E-state index in [0.29, 0.717) is 21.9 Å². The first kappa shape index (κ1) is 14.1. The van der Waals surface area contributed by atoms with Gasteiger partial charge in [-0.1, -0.05) is 29.8 Å². The Balaban J connectivity index is 2.39. The lowest BCUT2D eigenvalue weighted by molar-refractivity contribution is 0.415. The lowest BCUT2D eigenvalue weighted by Crippen LogP contribution is -1.86. The van der Waals surface area contributed by atoms with E-state index < -0.39 is 0 Å². The standard InChI is InChI=1S/C16H11ClFNO/c1-20-16-7-2-11(9-15(16)17)8-13(10-19)12-3-5-14(18)6-4-12/h2-9H,1H3/b13-8+. The molecule has 0 amide bonds. The first-order valence-corrected chi connectivity index (χ1v) is 6.23. The van der Waals surface area contributed by atoms with Crippen molar-refractivity contribution in [1.82, 2.24) is 0 Å². The SMILES string of the molecule is COc1ccc(/C=C(\C#N)c2ccc(F)cc2)cc1Cl. The average Bonchev–Trinajstić information content (AvgIpc) is 2.46. The summed E-state index contributed by atoms with van der Waals surface area (Å²) in [6, 6.07) is 13.1. The summed E-state index contributed by atoms with van der Waals surface area (Å²) in [7, 11) is 1.54. The van der Waals surface area contributed by atoms with Crippen molar-refractivity contribution in [2.75, 3.05) is 7.11 Å². The fourth-order valence-electron chi connectivity index (χ4n) is 1.75. The van der Waals surface area contributed by atoms with Gasteiger partial charge in [0.15, 0.2) is 0 Å². The summed E-state index contributed by atoms with van der Waals surface area (Å²) < 4.78 is 18.0. The van der Waals surface area contributed by atoms with Crippen molar-refractivity contribution in [2.45, 2.75) is 0 Å². The molecule has 0 aliphatic rings. The summed E-state index contributed by atoms with van der Waals surface area (Å²) in [6.07, 6.45) is 1.69. The number of nitriles is 1. The zero-order chi connectivity index (χ0) is 14.5. The van der Waals surface area contributed by atoms with Gasteiger partial charge in [0.1, 0.15) is 11.6 Å². The van der Waals surface area contributed by atoms with Crippen molar-refractivity contribution in [3.8, 4) is 11.8 Å². The van der Waals surface area contributed by atoms with Crippen molar-refractivity contribution in [3.63, 3.8) is 0 Å². The fourth-order valence-corrected chi connectivity index (χ4v) is 2.01. The second-order valence-electron chi connectivity index (χ2n) is 4.07. The van der Waals surface area contributed by atoms with Crippen molar-refractivity contribution < 1.29 is 9.13 Å². The van der Waals surface area contributed by atoms with E-state index in [0.717, 1.165) is 5.56 Å². The molecule has 0 radical (unpaired) electrons. The van der Waals surface area contributed by atoms with Gasteiger partial charge in [-0.15, -0.1) is 0 Å². The molecule has 0 fully saturated rings. The van der Waals surface area contributed by atoms with Gasteiger partial charge in [-0.25, -0.2) is 4.39 Å². The molecule has 2 nitrogen and oxygen atoms in total. The van der Waals surface area contributed by atoms with Gasteiger partial charge < -0.3 is 4.74 Å². The molecule has 0 spiro atoms. The molecule has 20 heavy (non-hydrogen) atoms. The number of hydrogen-bond acceptors (Lipinski definition) is 2. The number of benzene rings is 2. The van der Waals surface area contributed by atoms with Gasteiger partial charge in [-0.05, 0) is 41.5 Å². The van der Waals surface area contributed by atoms with E-state index in [1.165, 1.54) is 19.2 Å². The average molecular weight is 288 g/mol. The van der Waals surface area contributed by atoms with Crippen LogP contribution in [0.25, 0.3) is 11.6 Å². The Morgan fingerprint density at radius 3 is 2.50 bits per heavy atom. The molecule has 2 aromatic rings. The second-order valence-corrected chi connectivity index (χ2v) is 4.48. The Morgan fingerprint density at radius 2 is 1.95 bits per heavy atom. The summed E-state index contributed by atoms with van der Waals surface area (Å²) in [5.41, 5.74) is 1.86. The minimum absolute atomic E-state index is 0.335. The predicted octanol–water partition coefficient (Wildman–Crippen LogP) is 4.55. The van der Waals surface area contributed by atoms with E-state index in [-0.39, 0.29) is 5.82 Å². The van der Waals surface area contributed by atoms with E-state index >= 15 is 0 Å². The van der Waals surface area contributed by atoms with Gasteiger partial charge in [0.2, 0.25) is 0 Å². The Hall–Kier alpha value is -2.31. The van der Waals surface area contributed by atoms with Gasteiger partial charge in [-0.3, -0.25) is 0 Å². The van der Waals surface area contributed by atoms with Crippen LogP contribution in [-0.2, 0) is 0 Å². The Labute approximate surface area is 121 Å². The largest absolute Gasteiger partial charge is 0.495 e. The third-order valence-electron chi connectivity index (χ3n) is 2.76. The lowest BCUT2D eigenvalue weighted by Gasteiger charge is -2.04. The van der Waals surface area contributed by atoms with Crippen LogP contribution in [0.1, 0.15) is 11.1 Å². The predicted molar refractivity (Wildman–Crippen MR) is 77.9 cm³/mol. The normalized spacial score (nSPS) is 11.0. The van der Waals surface area contributed by atoms with Crippen LogP contribution in [-0.4, -0.2) is 7.11 Å². The molecule has 0 saturated carbocycles. The van der Waals surface area contributed by atoms with Crippen LogP contribution in [0.5, 0.6) is 5.75 Å². The van der Waals surface area contributed by atoms with Crippen LogP contribution in [0, 0.1) is 17.1 Å². The molecule has 2 aromatic carbocycles. The highest BCUT2D eigenvalue weighted by atomic mass is 35.5. The lowest BCUT2D eigenvalue weighted by atomic mass is 10.0. The molecule has 0 N–H and O–H groups in total. The molecule has 0 atom stereocenters. The number of halogens is 2. The molecular formula is C16H11ClFNO. The smallest absolute Gasteiger partial charge is 0.137 e. The number of nitrogens with zero attached hydrogens (tertiary/aromatic N) is 1. The molecule has 0 aliphatic carbocycles. The molecule has 0 aromatic heterocycles. The highest BCUT2D eigenvalue weighted by Gasteiger charge is 2.04. The molecular weight excluding hydrogens is 277 g/mol. The maximum Gasteiger partial charge on any atom is 0.137 e. The van der Waals surface area contributed by atoms with Crippen molar-refractivity contribution in [2.24, 2.45) is 0 Å². The second kappa shape index (κ2) is 6.23. The van der Waals surface area contributed by atoms with E-state index in [1.54, 1.807) is 36.4 Å². The van der Waals surface area contributed by atoms with Gasteiger partial charge in [-0.2, -0.15) is 5.26 Å². The third-order valence-corrected chi connectivity index (χ3v) is 3.06. The highest BCUT2D eigenvalue weighted by molar-refractivity contribution is 6.32. The van der Waals surface area contributed by atoms with Crippen LogP contribution in [0.3, 0.4) is 0 Å². The molecule has 0 aliphatic heterocycles. The number of ether oxygens (including phenoxy) is 1. The van der Waals surface area contributed by atoms with Crippen LogP contribution < -0.4 is 4.74 Å². The van der Waals surface area contributed by atoms with Crippen molar-refractivity contribution in [1.29, 1.82) is 5.26 Å². The van der Waals surface area contributed by atoms with E-state index in [9.17, 15) is 9.65 Å². The molecule has 0 bridgehead atoms. The fraction of sp³-hybridized carbons (Fsp3) is 0.0625. The summed E-state index contributed by atoms with van der Waals surface area (Å²) in [5, 5.41) is 9.68. The maximum absolute atomic E-state index is 12.9. The molecule has 4 heteroatoms. The van der Waals surface area contributed by atoms with Crippen LogP contribution in [0.15, 0.2) is 42.5 Å². The number of methoxy groups -OCH3 is 1. The van der Waals surface area contributed by atoms with Gasteiger partial charge in [0.25, 0.3) is 0 Å². The maximum atomic E-state index is 12.9. The van der Waals surface area contributed by atoms with Crippen LogP contribution in [0.2, 0.25) is 5.02 Å². The number of hydrogen-bond donors (Lipinski definition) is 0. The Bertz CT molecular complexity index is 687. The summed E-state index contributed by atoms with van der Waals surface area (Å²) in [6.45, 7) is 0. The zero-order valence-electron chi connectivity index (χ0n) is 10.7. The molecule has 2 rings (SSSR count). The van der Waals surface area contributed by atoms with Crippen LogP contribution >= 0.6 is 11.6 Å². The van der Waals surface area contributed by atoms with E-state index in [4.69, 9.17) is 16.3 Å². The summed E-state index contributed by atoms with van der Waals surface area (Å²) in [5.74, 6) is 0.239. The molecule has 0 heterocycles. The highest BCUT2D eigenvalue weighted by Crippen LogP contribution is 2.27.